The lowest BCUT2D eigenvalue weighted by molar-refractivity contribution is -0.119. The van der Waals surface area contributed by atoms with Gasteiger partial charge in [0.2, 0.25) is 5.91 Å². The largest absolute Gasteiger partial charge is 0.399 e. The molecule has 0 aliphatic carbocycles. The van der Waals surface area contributed by atoms with Crippen LogP contribution in [0.2, 0.25) is 0 Å². The van der Waals surface area contributed by atoms with Gasteiger partial charge in [0.05, 0.1) is 16.0 Å². The Hall–Kier alpha value is -1.27. The van der Waals surface area contributed by atoms with Gasteiger partial charge >= 0.3 is 0 Å². The van der Waals surface area contributed by atoms with Crippen LogP contribution in [0.1, 0.15) is 26.7 Å². The number of rotatable bonds is 6. The number of benzene rings is 1. The molecule has 0 saturated heterocycles. The van der Waals surface area contributed by atoms with E-state index in [2.05, 4.69) is 17.2 Å². The lowest BCUT2D eigenvalue weighted by Gasteiger charge is -2.11. The van der Waals surface area contributed by atoms with Crippen molar-refractivity contribution in [2.24, 2.45) is 0 Å². The van der Waals surface area contributed by atoms with Gasteiger partial charge in [0.15, 0.2) is 4.34 Å². The lowest BCUT2D eigenvalue weighted by Crippen LogP contribution is -2.33. The fourth-order valence-corrected chi connectivity index (χ4v) is 3.86. The second-order valence-electron chi connectivity index (χ2n) is 4.75. The number of fused-ring (bicyclic) bond motifs is 1. The molecule has 1 unspecified atom stereocenters. The zero-order valence-corrected chi connectivity index (χ0v) is 13.3. The molecular weight excluding hydrogens is 290 g/mol. The minimum Gasteiger partial charge on any atom is -0.399 e. The second-order valence-corrected chi connectivity index (χ2v) is 7.01. The first-order chi connectivity index (χ1) is 9.58. The smallest absolute Gasteiger partial charge is 0.230 e. The van der Waals surface area contributed by atoms with Gasteiger partial charge in [0.25, 0.3) is 0 Å². The number of carbonyl (C=O) groups is 1. The molecule has 0 saturated carbocycles. The summed E-state index contributed by atoms with van der Waals surface area (Å²) in [5.74, 6) is 0.471. The van der Waals surface area contributed by atoms with E-state index in [0.717, 1.165) is 33.1 Å². The summed E-state index contributed by atoms with van der Waals surface area (Å²) in [6, 6.07) is 5.91. The van der Waals surface area contributed by atoms with Crippen LogP contribution in [0, 0.1) is 0 Å². The molecule has 1 aromatic heterocycles. The van der Waals surface area contributed by atoms with Gasteiger partial charge in [-0.1, -0.05) is 25.1 Å². The van der Waals surface area contributed by atoms with Crippen LogP contribution in [0.5, 0.6) is 0 Å². The number of aromatic nitrogens is 1. The van der Waals surface area contributed by atoms with Crippen molar-refractivity contribution in [3.8, 4) is 0 Å². The number of carbonyl (C=O) groups excluding carboxylic acids is 1. The predicted octanol–water partition coefficient (Wildman–Crippen LogP) is 3.28. The molecule has 1 amide bonds. The molecular formula is C14H19N3OS2. The fraction of sp³-hybridized carbons (Fsp3) is 0.429. The Kier molecular flexibility index (Phi) is 5.25. The molecule has 4 nitrogen and oxygen atoms in total. The number of nitrogens with one attached hydrogen (secondary N) is 1. The molecule has 2 rings (SSSR count). The number of nitrogens with two attached hydrogens (primary N) is 1. The molecule has 0 radical (unpaired) electrons. The van der Waals surface area contributed by atoms with Crippen LogP contribution in [-0.4, -0.2) is 22.7 Å². The number of thiazole rings is 1. The third-order valence-corrected chi connectivity index (χ3v) is 5.01. The molecule has 0 fully saturated rings. The number of nitrogens with zero attached hydrogens (tertiary/aromatic N) is 1. The van der Waals surface area contributed by atoms with E-state index in [1.54, 1.807) is 11.3 Å². The zero-order valence-electron chi connectivity index (χ0n) is 11.7. The topological polar surface area (TPSA) is 68.0 Å². The molecule has 0 aliphatic rings. The molecule has 20 heavy (non-hydrogen) atoms. The Balaban J connectivity index is 1.90. The van der Waals surface area contributed by atoms with Crippen molar-refractivity contribution in [3.05, 3.63) is 18.2 Å². The number of amides is 1. The summed E-state index contributed by atoms with van der Waals surface area (Å²) in [4.78, 5) is 16.3. The summed E-state index contributed by atoms with van der Waals surface area (Å²) >= 11 is 3.05. The molecule has 1 atom stereocenters. The molecule has 108 valence electrons. The molecule has 3 N–H and O–H groups in total. The van der Waals surface area contributed by atoms with Crippen molar-refractivity contribution in [1.29, 1.82) is 0 Å². The summed E-state index contributed by atoms with van der Waals surface area (Å²) in [6.07, 6.45) is 2.09. The van der Waals surface area contributed by atoms with E-state index in [-0.39, 0.29) is 11.9 Å². The van der Waals surface area contributed by atoms with E-state index >= 15 is 0 Å². The van der Waals surface area contributed by atoms with Crippen LogP contribution >= 0.6 is 23.1 Å². The van der Waals surface area contributed by atoms with Gasteiger partial charge in [0, 0.05) is 11.7 Å². The quantitative estimate of drug-likeness (QED) is 0.635. The van der Waals surface area contributed by atoms with Crippen LogP contribution < -0.4 is 11.1 Å². The summed E-state index contributed by atoms with van der Waals surface area (Å²) in [5, 5.41) is 2.99. The number of anilines is 1. The minimum atomic E-state index is 0.0646. The zero-order chi connectivity index (χ0) is 14.5. The first-order valence-electron chi connectivity index (χ1n) is 6.66. The molecule has 2 aromatic rings. The molecule has 1 heterocycles. The highest BCUT2D eigenvalue weighted by Gasteiger charge is 2.10. The SMILES string of the molecule is CCCC(C)NC(=O)CSc1nc2ccc(N)cc2s1. The monoisotopic (exact) mass is 309 g/mol. The fourth-order valence-electron chi connectivity index (χ4n) is 1.93. The van der Waals surface area contributed by atoms with Gasteiger partial charge in [0.1, 0.15) is 0 Å². The van der Waals surface area contributed by atoms with Gasteiger partial charge in [-0.25, -0.2) is 4.98 Å². The van der Waals surface area contributed by atoms with Crippen molar-refractivity contribution < 1.29 is 4.79 Å². The van der Waals surface area contributed by atoms with Gasteiger partial charge < -0.3 is 11.1 Å². The van der Waals surface area contributed by atoms with Crippen LogP contribution in [0.3, 0.4) is 0 Å². The summed E-state index contributed by atoms with van der Waals surface area (Å²) in [7, 11) is 0. The Bertz CT molecular complexity index is 597. The van der Waals surface area contributed by atoms with E-state index < -0.39 is 0 Å². The average molecular weight is 309 g/mol. The van der Waals surface area contributed by atoms with Crippen LogP contribution in [0.25, 0.3) is 10.2 Å². The van der Waals surface area contributed by atoms with E-state index in [4.69, 9.17) is 5.73 Å². The van der Waals surface area contributed by atoms with Gasteiger partial charge in [-0.05, 0) is 31.5 Å². The van der Waals surface area contributed by atoms with Crippen molar-refractivity contribution in [2.45, 2.75) is 37.1 Å². The lowest BCUT2D eigenvalue weighted by atomic mass is 10.2. The standard InChI is InChI=1S/C14H19N3OS2/c1-3-4-9(2)16-13(18)8-19-14-17-11-6-5-10(15)7-12(11)20-14/h5-7,9H,3-4,8,15H2,1-2H3,(H,16,18). The van der Waals surface area contributed by atoms with Gasteiger partial charge in [-0.15, -0.1) is 11.3 Å². The second kappa shape index (κ2) is 6.95. The van der Waals surface area contributed by atoms with Crippen LogP contribution in [-0.2, 0) is 4.79 Å². The normalized spacial score (nSPS) is 12.5. The third kappa shape index (κ3) is 4.11. The number of thioether (sulfide) groups is 1. The molecule has 0 bridgehead atoms. The van der Waals surface area contributed by atoms with E-state index in [1.165, 1.54) is 11.8 Å². The minimum absolute atomic E-state index is 0.0646. The third-order valence-electron chi connectivity index (χ3n) is 2.85. The van der Waals surface area contributed by atoms with E-state index in [0.29, 0.717) is 5.75 Å². The van der Waals surface area contributed by atoms with Crippen molar-refractivity contribution >= 4 is 44.9 Å². The Morgan fingerprint density at radius 2 is 2.35 bits per heavy atom. The van der Waals surface area contributed by atoms with E-state index in [9.17, 15) is 4.79 Å². The van der Waals surface area contributed by atoms with Crippen LogP contribution in [0.4, 0.5) is 5.69 Å². The first-order valence-corrected chi connectivity index (χ1v) is 8.47. The predicted molar refractivity (Wildman–Crippen MR) is 87.3 cm³/mol. The summed E-state index contributed by atoms with van der Waals surface area (Å²) in [5.41, 5.74) is 7.42. The molecule has 0 aliphatic heterocycles. The maximum Gasteiger partial charge on any atom is 0.230 e. The number of hydrogen-bond donors (Lipinski definition) is 2. The number of hydrogen-bond acceptors (Lipinski definition) is 5. The van der Waals surface area contributed by atoms with Crippen molar-refractivity contribution in [1.82, 2.24) is 10.3 Å². The summed E-state index contributed by atoms with van der Waals surface area (Å²) in [6.45, 7) is 4.15. The average Bonchev–Trinajstić information content (AvgIpc) is 2.78. The first kappa shape index (κ1) is 15.1. The summed E-state index contributed by atoms with van der Waals surface area (Å²) < 4.78 is 1.97. The molecule has 6 heteroatoms. The highest BCUT2D eigenvalue weighted by molar-refractivity contribution is 8.01. The maximum atomic E-state index is 11.8. The van der Waals surface area contributed by atoms with Crippen molar-refractivity contribution in [3.63, 3.8) is 0 Å². The molecule has 0 spiro atoms. The Labute approximate surface area is 127 Å². The number of nitrogen functional groups attached to an aromatic ring is 1. The van der Waals surface area contributed by atoms with Gasteiger partial charge in [-0.3, -0.25) is 4.79 Å². The molecule has 1 aromatic carbocycles. The Morgan fingerprint density at radius 1 is 1.55 bits per heavy atom. The highest BCUT2D eigenvalue weighted by atomic mass is 32.2. The highest BCUT2D eigenvalue weighted by Crippen LogP contribution is 2.30. The van der Waals surface area contributed by atoms with Crippen LogP contribution in [0.15, 0.2) is 22.5 Å². The van der Waals surface area contributed by atoms with Crippen molar-refractivity contribution in [2.75, 3.05) is 11.5 Å². The van der Waals surface area contributed by atoms with E-state index in [1.807, 2.05) is 25.1 Å². The van der Waals surface area contributed by atoms with Gasteiger partial charge in [-0.2, -0.15) is 0 Å². The Morgan fingerprint density at radius 3 is 3.10 bits per heavy atom. The maximum absolute atomic E-state index is 11.8.